The van der Waals surface area contributed by atoms with Gasteiger partial charge in [0.25, 0.3) is 5.91 Å². The van der Waals surface area contributed by atoms with Crippen LogP contribution in [0.2, 0.25) is 0 Å². The summed E-state index contributed by atoms with van der Waals surface area (Å²) in [6.07, 6.45) is 4.85. The molecule has 3 aromatic rings. The van der Waals surface area contributed by atoms with E-state index in [0.29, 0.717) is 44.2 Å². The Kier molecular flexibility index (Phi) is 7.01. The van der Waals surface area contributed by atoms with Gasteiger partial charge >= 0.3 is 0 Å². The summed E-state index contributed by atoms with van der Waals surface area (Å²) in [6.45, 7) is 5.11. The first kappa shape index (κ1) is 23.6. The smallest absolute Gasteiger partial charge is 0.278 e. The molecule has 11 nitrogen and oxygen atoms in total. The molecule has 2 aliphatic rings. The van der Waals surface area contributed by atoms with Crippen molar-refractivity contribution in [3.05, 3.63) is 60.2 Å². The number of ether oxygens (including phenoxy) is 1. The number of carbonyl (C=O) groups excluding carboxylic acids is 2. The summed E-state index contributed by atoms with van der Waals surface area (Å²) in [5, 5.41) is 5.97. The van der Waals surface area contributed by atoms with Crippen LogP contribution in [0.15, 0.2) is 48.9 Å². The topological polar surface area (TPSA) is 139 Å². The van der Waals surface area contributed by atoms with Gasteiger partial charge in [0.2, 0.25) is 5.91 Å². The molecule has 0 spiro atoms. The van der Waals surface area contributed by atoms with Gasteiger partial charge < -0.3 is 30.9 Å². The Morgan fingerprint density at radius 3 is 2.69 bits per heavy atom. The number of nitrogen functional groups attached to an aromatic ring is 1. The molecule has 2 aliphatic heterocycles. The first-order valence-electron chi connectivity index (χ1n) is 11.9. The summed E-state index contributed by atoms with van der Waals surface area (Å²) in [5.41, 5.74) is 9.84. The van der Waals surface area contributed by atoms with Crippen molar-refractivity contribution in [2.24, 2.45) is 0 Å². The average molecular weight is 489 g/mol. The minimum atomic E-state index is -0.460. The quantitative estimate of drug-likeness (QED) is 0.466. The van der Waals surface area contributed by atoms with Crippen molar-refractivity contribution in [2.45, 2.75) is 6.54 Å². The summed E-state index contributed by atoms with van der Waals surface area (Å²) >= 11 is 0. The van der Waals surface area contributed by atoms with Gasteiger partial charge in [-0.3, -0.25) is 14.6 Å². The molecule has 0 radical (unpaired) electrons. The van der Waals surface area contributed by atoms with Crippen LogP contribution >= 0.6 is 0 Å². The zero-order chi connectivity index (χ0) is 24.9. The number of nitrogens with two attached hydrogens (primary N) is 1. The van der Waals surface area contributed by atoms with E-state index in [9.17, 15) is 9.59 Å². The van der Waals surface area contributed by atoms with E-state index in [1.807, 2.05) is 35.2 Å². The van der Waals surface area contributed by atoms with Gasteiger partial charge in [-0.05, 0) is 11.6 Å². The first-order valence-corrected chi connectivity index (χ1v) is 11.9. The van der Waals surface area contributed by atoms with Crippen LogP contribution in [0.5, 0.6) is 0 Å². The minimum Gasteiger partial charge on any atom is -0.382 e. The highest BCUT2D eigenvalue weighted by molar-refractivity contribution is 6.07. The zero-order valence-corrected chi connectivity index (χ0v) is 19.8. The molecule has 0 unspecified atom stereocenters. The number of nitrogens with zero attached hydrogens (tertiary/aromatic N) is 5. The lowest BCUT2D eigenvalue weighted by molar-refractivity contribution is -0.132. The van der Waals surface area contributed by atoms with Crippen molar-refractivity contribution in [1.29, 1.82) is 0 Å². The Morgan fingerprint density at radius 2 is 1.92 bits per heavy atom. The lowest BCUT2D eigenvalue weighted by Gasteiger charge is -2.30. The SMILES string of the molecule is Nc1ncc(-c2ccc(CN3CCNCC3=O)cc2)nc1C(=O)Nc1cnccc1N1CCOCC1. The number of piperazine rings is 1. The lowest BCUT2D eigenvalue weighted by Crippen LogP contribution is -2.47. The van der Waals surface area contributed by atoms with Crippen molar-refractivity contribution in [3.63, 3.8) is 0 Å². The van der Waals surface area contributed by atoms with Crippen LogP contribution in [0.3, 0.4) is 0 Å². The first-order chi connectivity index (χ1) is 17.6. The third-order valence-corrected chi connectivity index (χ3v) is 6.22. The Balaban J connectivity index is 1.32. The van der Waals surface area contributed by atoms with Gasteiger partial charge in [0, 0.05) is 44.5 Å². The van der Waals surface area contributed by atoms with Gasteiger partial charge in [0.15, 0.2) is 11.5 Å². The molecule has 186 valence electrons. The number of anilines is 3. The fourth-order valence-corrected chi connectivity index (χ4v) is 4.26. The second-order valence-corrected chi connectivity index (χ2v) is 8.62. The van der Waals surface area contributed by atoms with Crippen LogP contribution in [0.25, 0.3) is 11.3 Å². The summed E-state index contributed by atoms with van der Waals surface area (Å²) in [6, 6.07) is 9.57. The maximum absolute atomic E-state index is 13.2. The summed E-state index contributed by atoms with van der Waals surface area (Å²) < 4.78 is 5.43. The van der Waals surface area contributed by atoms with Gasteiger partial charge in [0.05, 0.1) is 49.2 Å². The van der Waals surface area contributed by atoms with Gasteiger partial charge in [-0.2, -0.15) is 0 Å². The third-order valence-electron chi connectivity index (χ3n) is 6.22. The van der Waals surface area contributed by atoms with Crippen molar-refractivity contribution >= 4 is 29.0 Å². The fraction of sp³-hybridized carbons (Fsp3) is 0.320. The number of hydrogen-bond acceptors (Lipinski definition) is 9. The maximum atomic E-state index is 13.2. The van der Waals surface area contributed by atoms with Crippen molar-refractivity contribution < 1.29 is 14.3 Å². The number of pyridine rings is 1. The molecule has 0 aliphatic carbocycles. The molecule has 2 fully saturated rings. The zero-order valence-electron chi connectivity index (χ0n) is 19.8. The largest absolute Gasteiger partial charge is 0.382 e. The molecule has 1 aromatic carbocycles. The molecule has 0 bridgehead atoms. The molecule has 2 amide bonds. The molecule has 2 saturated heterocycles. The number of carbonyl (C=O) groups is 2. The highest BCUT2D eigenvalue weighted by Crippen LogP contribution is 2.27. The molecule has 11 heteroatoms. The van der Waals surface area contributed by atoms with Gasteiger partial charge in [-0.15, -0.1) is 0 Å². The number of benzene rings is 1. The van der Waals surface area contributed by atoms with E-state index in [1.165, 1.54) is 0 Å². The number of aromatic nitrogens is 3. The lowest BCUT2D eigenvalue weighted by atomic mass is 10.1. The van der Waals surface area contributed by atoms with E-state index >= 15 is 0 Å². The molecule has 0 atom stereocenters. The van der Waals surface area contributed by atoms with E-state index in [-0.39, 0.29) is 17.4 Å². The Bertz CT molecular complexity index is 1240. The Hall–Kier alpha value is -4.09. The summed E-state index contributed by atoms with van der Waals surface area (Å²) in [4.78, 5) is 42.1. The van der Waals surface area contributed by atoms with Gasteiger partial charge in [-0.25, -0.2) is 9.97 Å². The number of amides is 2. The van der Waals surface area contributed by atoms with Crippen LogP contribution in [0, 0.1) is 0 Å². The molecule has 2 aromatic heterocycles. The van der Waals surface area contributed by atoms with Crippen LogP contribution in [-0.2, 0) is 16.1 Å². The highest BCUT2D eigenvalue weighted by atomic mass is 16.5. The average Bonchev–Trinajstić information content (AvgIpc) is 2.91. The minimum absolute atomic E-state index is 0.0415. The Morgan fingerprint density at radius 1 is 1.11 bits per heavy atom. The standard InChI is InChI=1S/C25H28N8O3/c26-24-23(25(35)31-20-13-27-6-5-21(20)32-9-11-36-12-10-32)30-19(14-29-24)18-3-1-17(2-4-18)16-33-8-7-28-15-22(33)34/h1-6,13-14,28H,7-12,15-16H2,(H2,26,29)(H,31,35). The van der Waals surface area contributed by atoms with E-state index in [1.54, 1.807) is 18.6 Å². The van der Waals surface area contributed by atoms with Crippen LogP contribution < -0.4 is 21.3 Å². The number of rotatable bonds is 6. The molecular weight excluding hydrogens is 460 g/mol. The molecule has 36 heavy (non-hydrogen) atoms. The maximum Gasteiger partial charge on any atom is 0.278 e. The fourth-order valence-electron chi connectivity index (χ4n) is 4.26. The molecule has 4 heterocycles. The second-order valence-electron chi connectivity index (χ2n) is 8.62. The number of morpholine rings is 1. The molecule has 0 saturated carbocycles. The Labute approximate surface area is 208 Å². The van der Waals surface area contributed by atoms with Gasteiger partial charge in [0.1, 0.15) is 0 Å². The van der Waals surface area contributed by atoms with Crippen LogP contribution in [0.1, 0.15) is 16.1 Å². The van der Waals surface area contributed by atoms with Crippen molar-refractivity contribution in [3.8, 4) is 11.3 Å². The predicted octanol–water partition coefficient (Wildman–Crippen LogP) is 1.14. The third kappa shape index (κ3) is 5.26. The normalized spacial score (nSPS) is 16.2. The number of hydrogen-bond donors (Lipinski definition) is 3. The van der Waals surface area contributed by atoms with E-state index in [2.05, 4.69) is 30.5 Å². The van der Waals surface area contributed by atoms with E-state index < -0.39 is 5.91 Å². The van der Waals surface area contributed by atoms with Gasteiger partial charge in [-0.1, -0.05) is 24.3 Å². The van der Waals surface area contributed by atoms with Crippen molar-refractivity contribution in [2.75, 3.05) is 61.9 Å². The monoisotopic (exact) mass is 488 g/mol. The molecular formula is C25H28N8O3. The molecule has 4 N–H and O–H groups in total. The number of nitrogens with one attached hydrogen (secondary N) is 2. The highest BCUT2D eigenvalue weighted by Gasteiger charge is 2.20. The molecule has 5 rings (SSSR count). The summed E-state index contributed by atoms with van der Waals surface area (Å²) in [7, 11) is 0. The van der Waals surface area contributed by atoms with Crippen LogP contribution in [-0.4, -0.2) is 77.6 Å². The van der Waals surface area contributed by atoms with E-state index in [0.717, 1.165) is 36.4 Å². The van der Waals surface area contributed by atoms with Crippen LogP contribution in [0.4, 0.5) is 17.2 Å². The summed E-state index contributed by atoms with van der Waals surface area (Å²) in [5.74, 6) is -0.323. The van der Waals surface area contributed by atoms with Crippen molar-refractivity contribution in [1.82, 2.24) is 25.2 Å². The van der Waals surface area contributed by atoms with E-state index in [4.69, 9.17) is 10.5 Å². The second kappa shape index (κ2) is 10.7. The predicted molar refractivity (Wildman–Crippen MR) is 135 cm³/mol.